The third-order valence-electron chi connectivity index (χ3n) is 1.74. The van der Waals surface area contributed by atoms with Crippen LogP contribution in [0.4, 0.5) is 0 Å². The Hall–Kier alpha value is -1.81. The molecule has 4 nitrogen and oxygen atoms in total. The molecule has 0 bridgehead atoms. The highest BCUT2D eigenvalue weighted by Crippen LogP contribution is 2.13. The lowest BCUT2D eigenvalue weighted by atomic mass is 10.3. The summed E-state index contributed by atoms with van der Waals surface area (Å²) in [6, 6.07) is 8.94. The fourth-order valence-corrected chi connectivity index (χ4v) is 1.02. The molecule has 1 aromatic rings. The molecule has 1 N–H and O–H groups in total. The molecule has 0 radical (unpaired) electrons. The summed E-state index contributed by atoms with van der Waals surface area (Å²) in [7, 11) is 0. The maximum absolute atomic E-state index is 10.9. The lowest BCUT2D eigenvalue weighted by Gasteiger charge is -2.22. The van der Waals surface area contributed by atoms with E-state index in [1.807, 2.05) is 6.07 Å². The Bertz CT molecular complexity index is 357. The molecule has 0 aliphatic carbocycles. The summed E-state index contributed by atoms with van der Waals surface area (Å²) in [5, 5.41) is 9.66. The number of ether oxygens (including phenoxy) is 2. The van der Waals surface area contributed by atoms with Gasteiger partial charge in [0, 0.05) is 13.0 Å². The number of aliphatic hydroxyl groups is 1. The Morgan fingerprint density at radius 3 is 2.69 bits per heavy atom. The Morgan fingerprint density at radius 1 is 1.50 bits per heavy atom. The van der Waals surface area contributed by atoms with Gasteiger partial charge in [-0.1, -0.05) is 24.8 Å². The van der Waals surface area contributed by atoms with Gasteiger partial charge in [0.05, 0.1) is 0 Å². The minimum absolute atomic E-state index is 0.142. The summed E-state index contributed by atoms with van der Waals surface area (Å²) in [5.74, 6) is -1.76. The van der Waals surface area contributed by atoms with E-state index in [-0.39, 0.29) is 6.61 Å². The summed E-state index contributed by atoms with van der Waals surface area (Å²) in [6.45, 7) is 4.44. The molecule has 0 heterocycles. The van der Waals surface area contributed by atoms with E-state index in [1.54, 1.807) is 24.3 Å². The zero-order valence-electron chi connectivity index (χ0n) is 9.05. The van der Waals surface area contributed by atoms with E-state index in [4.69, 9.17) is 4.74 Å². The standard InChI is InChI=1S/C12H14O4/c1-3-11(13)16-12(2,14)9-15-10-7-5-4-6-8-10/h3-8,14H,1,9H2,2H3. The predicted molar refractivity (Wildman–Crippen MR) is 58.8 cm³/mol. The molecule has 0 fully saturated rings. The smallest absolute Gasteiger partial charge is 0.332 e. The highest BCUT2D eigenvalue weighted by atomic mass is 16.7. The van der Waals surface area contributed by atoms with Crippen LogP contribution in [0.2, 0.25) is 0 Å². The van der Waals surface area contributed by atoms with E-state index in [0.29, 0.717) is 5.75 Å². The van der Waals surface area contributed by atoms with Crippen molar-refractivity contribution in [1.82, 2.24) is 0 Å². The first-order valence-corrected chi connectivity index (χ1v) is 4.79. The summed E-state index contributed by atoms with van der Waals surface area (Å²) < 4.78 is 9.94. The molecule has 0 spiro atoms. The molecule has 0 aliphatic rings. The van der Waals surface area contributed by atoms with Crippen molar-refractivity contribution in [3.05, 3.63) is 43.0 Å². The molecule has 0 aromatic heterocycles. The fourth-order valence-electron chi connectivity index (χ4n) is 1.02. The third-order valence-corrected chi connectivity index (χ3v) is 1.74. The van der Waals surface area contributed by atoms with Crippen molar-refractivity contribution in [2.75, 3.05) is 6.61 Å². The van der Waals surface area contributed by atoms with E-state index in [2.05, 4.69) is 11.3 Å². The summed E-state index contributed by atoms with van der Waals surface area (Å²) in [6.07, 6.45) is 0.983. The first-order valence-electron chi connectivity index (χ1n) is 4.79. The van der Waals surface area contributed by atoms with Crippen LogP contribution in [-0.2, 0) is 9.53 Å². The molecule has 1 unspecified atom stereocenters. The van der Waals surface area contributed by atoms with Crippen molar-refractivity contribution in [2.45, 2.75) is 12.7 Å². The molecule has 1 rings (SSSR count). The average molecular weight is 222 g/mol. The van der Waals surface area contributed by atoms with E-state index >= 15 is 0 Å². The Morgan fingerprint density at radius 2 is 2.12 bits per heavy atom. The topological polar surface area (TPSA) is 55.8 Å². The van der Waals surface area contributed by atoms with Gasteiger partial charge in [0.2, 0.25) is 5.79 Å². The van der Waals surface area contributed by atoms with Gasteiger partial charge >= 0.3 is 5.97 Å². The van der Waals surface area contributed by atoms with E-state index < -0.39 is 11.8 Å². The second-order valence-corrected chi connectivity index (χ2v) is 3.40. The Balaban J connectivity index is 2.47. The lowest BCUT2D eigenvalue weighted by Crippen LogP contribution is -2.37. The van der Waals surface area contributed by atoms with Crippen molar-refractivity contribution in [1.29, 1.82) is 0 Å². The monoisotopic (exact) mass is 222 g/mol. The normalized spacial score (nSPS) is 13.6. The maximum atomic E-state index is 10.9. The van der Waals surface area contributed by atoms with Gasteiger partial charge in [-0.05, 0) is 12.1 Å². The van der Waals surface area contributed by atoms with Crippen LogP contribution in [0.5, 0.6) is 5.75 Å². The number of para-hydroxylation sites is 1. The largest absolute Gasteiger partial charge is 0.487 e. The van der Waals surface area contributed by atoms with Crippen LogP contribution in [0, 0.1) is 0 Å². The van der Waals surface area contributed by atoms with Gasteiger partial charge < -0.3 is 14.6 Å². The van der Waals surface area contributed by atoms with Crippen LogP contribution in [0.1, 0.15) is 6.92 Å². The first kappa shape index (κ1) is 12.3. The third kappa shape index (κ3) is 4.14. The van der Waals surface area contributed by atoms with Gasteiger partial charge in [-0.15, -0.1) is 0 Å². The molecular formula is C12H14O4. The van der Waals surface area contributed by atoms with Crippen LogP contribution in [0.3, 0.4) is 0 Å². The molecule has 4 heteroatoms. The second-order valence-electron chi connectivity index (χ2n) is 3.40. The van der Waals surface area contributed by atoms with Gasteiger partial charge in [0.25, 0.3) is 0 Å². The zero-order valence-corrected chi connectivity index (χ0v) is 9.05. The number of hydrogen-bond acceptors (Lipinski definition) is 4. The molecule has 0 amide bonds. The highest BCUT2D eigenvalue weighted by molar-refractivity contribution is 5.81. The van der Waals surface area contributed by atoms with Crippen molar-refractivity contribution < 1.29 is 19.4 Å². The number of rotatable bonds is 5. The van der Waals surface area contributed by atoms with Crippen LogP contribution >= 0.6 is 0 Å². The number of benzene rings is 1. The van der Waals surface area contributed by atoms with Gasteiger partial charge in [-0.2, -0.15) is 0 Å². The zero-order chi connectivity index (χ0) is 12.0. The summed E-state index contributed by atoms with van der Waals surface area (Å²) in [4.78, 5) is 10.9. The van der Waals surface area contributed by atoms with Crippen LogP contribution in [0.25, 0.3) is 0 Å². The van der Waals surface area contributed by atoms with Crippen molar-refractivity contribution in [3.63, 3.8) is 0 Å². The minimum atomic E-state index is -1.67. The molecule has 0 aliphatic heterocycles. The molecule has 0 saturated heterocycles. The Labute approximate surface area is 94.1 Å². The number of esters is 1. The van der Waals surface area contributed by atoms with Gasteiger partial charge in [-0.25, -0.2) is 4.79 Å². The van der Waals surface area contributed by atoms with Crippen molar-refractivity contribution in [3.8, 4) is 5.75 Å². The van der Waals surface area contributed by atoms with E-state index in [9.17, 15) is 9.90 Å². The Kier molecular flexibility index (Phi) is 4.08. The lowest BCUT2D eigenvalue weighted by molar-refractivity contribution is -0.206. The SMILES string of the molecule is C=CC(=O)OC(C)(O)COc1ccccc1. The van der Waals surface area contributed by atoms with Gasteiger partial charge in [-0.3, -0.25) is 0 Å². The van der Waals surface area contributed by atoms with E-state index in [1.165, 1.54) is 6.92 Å². The van der Waals surface area contributed by atoms with Gasteiger partial charge in [0.15, 0.2) is 6.61 Å². The van der Waals surface area contributed by atoms with Crippen molar-refractivity contribution >= 4 is 5.97 Å². The van der Waals surface area contributed by atoms with Crippen LogP contribution in [0.15, 0.2) is 43.0 Å². The number of carbonyl (C=O) groups is 1. The average Bonchev–Trinajstić information content (AvgIpc) is 2.27. The second kappa shape index (κ2) is 5.32. The summed E-state index contributed by atoms with van der Waals surface area (Å²) >= 11 is 0. The predicted octanol–water partition coefficient (Wildman–Crippen LogP) is 1.50. The number of hydrogen-bond donors (Lipinski definition) is 1. The summed E-state index contributed by atoms with van der Waals surface area (Å²) in [5.41, 5.74) is 0. The molecule has 86 valence electrons. The molecular weight excluding hydrogens is 208 g/mol. The number of carbonyl (C=O) groups excluding carboxylic acids is 1. The molecule has 1 atom stereocenters. The van der Waals surface area contributed by atoms with Gasteiger partial charge in [0.1, 0.15) is 5.75 Å². The fraction of sp³-hybridized carbons (Fsp3) is 0.250. The molecule has 0 saturated carbocycles. The van der Waals surface area contributed by atoms with Crippen LogP contribution < -0.4 is 4.74 Å². The molecule has 1 aromatic carbocycles. The first-order chi connectivity index (χ1) is 7.53. The highest BCUT2D eigenvalue weighted by Gasteiger charge is 2.25. The van der Waals surface area contributed by atoms with Crippen LogP contribution in [-0.4, -0.2) is 23.5 Å². The van der Waals surface area contributed by atoms with Crippen molar-refractivity contribution in [2.24, 2.45) is 0 Å². The molecule has 16 heavy (non-hydrogen) atoms. The maximum Gasteiger partial charge on any atom is 0.332 e. The van der Waals surface area contributed by atoms with E-state index in [0.717, 1.165) is 6.08 Å². The quantitative estimate of drug-likeness (QED) is 0.466. The minimum Gasteiger partial charge on any atom is -0.487 e.